The molecule has 2 aliphatic carbocycles. The first-order chi connectivity index (χ1) is 8.48. The fourth-order valence-electron chi connectivity index (χ4n) is 3.87. The van der Waals surface area contributed by atoms with E-state index in [-0.39, 0.29) is 11.7 Å². The smallest absolute Gasteiger partial charge is 0.244 e. The first-order valence-corrected chi connectivity index (χ1v) is 7.57. The molecule has 0 aromatic rings. The summed E-state index contributed by atoms with van der Waals surface area (Å²) in [4.78, 5) is 14.9. The van der Waals surface area contributed by atoms with Gasteiger partial charge in [-0.3, -0.25) is 10.1 Å². The Morgan fingerprint density at radius 1 is 1.33 bits per heavy atom. The van der Waals surface area contributed by atoms with E-state index in [4.69, 9.17) is 0 Å². The predicted octanol–water partition coefficient (Wildman–Crippen LogP) is 2.51. The molecule has 18 heavy (non-hydrogen) atoms. The first-order valence-electron chi connectivity index (χ1n) is 7.57. The lowest BCUT2D eigenvalue weighted by molar-refractivity contribution is -0.133. The molecular weight excluding hydrogens is 224 g/mol. The van der Waals surface area contributed by atoms with Crippen LogP contribution in [0, 0.1) is 11.3 Å². The van der Waals surface area contributed by atoms with Crippen molar-refractivity contribution in [1.29, 1.82) is 0 Å². The van der Waals surface area contributed by atoms with E-state index < -0.39 is 0 Å². The predicted molar refractivity (Wildman–Crippen MR) is 72.0 cm³/mol. The molecule has 2 atom stereocenters. The molecule has 0 radical (unpaired) electrons. The molecular formula is C15H26N2O. The molecule has 3 nitrogen and oxygen atoms in total. The molecule has 3 rings (SSSR count). The third kappa shape index (κ3) is 1.78. The second-order valence-corrected chi connectivity index (χ2v) is 7.20. The van der Waals surface area contributed by atoms with Crippen LogP contribution < -0.4 is 5.32 Å². The van der Waals surface area contributed by atoms with Gasteiger partial charge < -0.3 is 4.90 Å². The third-order valence-electron chi connectivity index (χ3n) is 5.47. The van der Waals surface area contributed by atoms with Gasteiger partial charge in [-0.2, -0.15) is 0 Å². The molecule has 1 amide bonds. The normalized spacial score (nSPS) is 36.6. The molecule has 1 heterocycles. The van der Waals surface area contributed by atoms with Crippen LogP contribution in [0.25, 0.3) is 0 Å². The van der Waals surface area contributed by atoms with Gasteiger partial charge in [0.1, 0.15) is 0 Å². The largest absolute Gasteiger partial charge is 0.325 e. The maximum Gasteiger partial charge on any atom is 0.244 e. The number of amides is 1. The van der Waals surface area contributed by atoms with E-state index in [0.29, 0.717) is 17.2 Å². The second-order valence-electron chi connectivity index (χ2n) is 7.20. The summed E-state index contributed by atoms with van der Waals surface area (Å²) in [5.74, 6) is 1.11. The molecule has 1 aliphatic heterocycles. The molecule has 3 aliphatic rings. The average molecular weight is 250 g/mol. The Balaban J connectivity index is 1.74. The molecule has 3 fully saturated rings. The van der Waals surface area contributed by atoms with Crippen LogP contribution in [-0.4, -0.2) is 29.1 Å². The highest BCUT2D eigenvalue weighted by Crippen LogP contribution is 2.52. The zero-order valence-corrected chi connectivity index (χ0v) is 12.0. The van der Waals surface area contributed by atoms with Crippen LogP contribution in [0.2, 0.25) is 0 Å². The summed E-state index contributed by atoms with van der Waals surface area (Å²) in [7, 11) is 0. The summed E-state index contributed by atoms with van der Waals surface area (Å²) in [5, 5.41) is 3.65. The lowest BCUT2D eigenvalue weighted by Gasteiger charge is -2.24. The summed E-state index contributed by atoms with van der Waals surface area (Å²) < 4.78 is 0. The van der Waals surface area contributed by atoms with Crippen LogP contribution in [0.5, 0.6) is 0 Å². The summed E-state index contributed by atoms with van der Waals surface area (Å²) in [5.41, 5.74) is 0.281. The molecule has 2 saturated carbocycles. The maximum absolute atomic E-state index is 12.7. The summed E-state index contributed by atoms with van der Waals surface area (Å²) in [6.45, 7) is 7.79. The summed E-state index contributed by atoms with van der Waals surface area (Å²) in [6.07, 6.45) is 7.10. The van der Waals surface area contributed by atoms with Crippen LogP contribution in [0.3, 0.4) is 0 Å². The molecule has 0 bridgehead atoms. The molecule has 0 aromatic carbocycles. The lowest BCUT2D eigenvalue weighted by atomic mass is 9.98. The van der Waals surface area contributed by atoms with Gasteiger partial charge in [-0.25, -0.2) is 0 Å². The van der Waals surface area contributed by atoms with Gasteiger partial charge in [-0.15, -0.1) is 0 Å². The number of nitrogens with one attached hydrogen (secondary N) is 1. The Bertz CT molecular complexity index is 358. The zero-order valence-electron chi connectivity index (χ0n) is 12.0. The third-order valence-corrected chi connectivity index (χ3v) is 5.47. The SMILES string of the molecule is CCC1NC2(CCCC2)C(=O)N1CC1CC1(C)C. The molecule has 1 spiro atoms. The molecule has 2 unspecified atom stereocenters. The average Bonchev–Trinajstić information content (AvgIpc) is 2.69. The van der Waals surface area contributed by atoms with E-state index in [9.17, 15) is 4.79 Å². The van der Waals surface area contributed by atoms with Gasteiger partial charge in [0.15, 0.2) is 0 Å². The van der Waals surface area contributed by atoms with Crippen LogP contribution in [0.15, 0.2) is 0 Å². The highest BCUT2D eigenvalue weighted by molar-refractivity contribution is 5.89. The standard InChI is InChI=1S/C15H26N2O/c1-4-12-16-15(7-5-6-8-15)13(18)17(12)10-11-9-14(11,2)3/h11-12,16H,4-10H2,1-3H3. The summed E-state index contributed by atoms with van der Waals surface area (Å²) >= 11 is 0. The maximum atomic E-state index is 12.7. The topological polar surface area (TPSA) is 32.3 Å². The van der Waals surface area contributed by atoms with Gasteiger partial charge in [0.2, 0.25) is 5.91 Å². The highest BCUT2D eigenvalue weighted by Gasteiger charge is 2.55. The van der Waals surface area contributed by atoms with Gasteiger partial charge >= 0.3 is 0 Å². The minimum atomic E-state index is -0.181. The number of hydrogen-bond donors (Lipinski definition) is 1. The van der Waals surface area contributed by atoms with Crippen molar-refractivity contribution in [1.82, 2.24) is 10.2 Å². The van der Waals surface area contributed by atoms with E-state index in [2.05, 4.69) is 31.0 Å². The van der Waals surface area contributed by atoms with Crippen molar-refractivity contribution >= 4 is 5.91 Å². The van der Waals surface area contributed by atoms with Crippen molar-refractivity contribution in [2.75, 3.05) is 6.54 Å². The number of hydrogen-bond acceptors (Lipinski definition) is 2. The van der Waals surface area contributed by atoms with Crippen molar-refractivity contribution < 1.29 is 4.79 Å². The zero-order chi connectivity index (χ0) is 13.0. The Labute approximate surface area is 110 Å². The summed E-state index contributed by atoms with van der Waals surface area (Å²) in [6, 6.07) is 0. The number of nitrogens with zero attached hydrogens (tertiary/aromatic N) is 1. The minimum absolute atomic E-state index is 0.181. The van der Waals surface area contributed by atoms with Gasteiger partial charge in [0, 0.05) is 6.54 Å². The van der Waals surface area contributed by atoms with Crippen LogP contribution in [-0.2, 0) is 4.79 Å². The van der Waals surface area contributed by atoms with Crippen molar-refractivity contribution in [2.45, 2.75) is 71.0 Å². The van der Waals surface area contributed by atoms with Crippen LogP contribution in [0.4, 0.5) is 0 Å². The van der Waals surface area contributed by atoms with Gasteiger partial charge in [0.05, 0.1) is 11.7 Å². The van der Waals surface area contributed by atoms with Crippen molar-refractivity contribution in [3.05, 3.63) is 0 Å². The van der Waals surface area contributed by atoms with Crippen molar-refractivity contribution in [3.8, 4) is 0 Å². The van der Waals surface area contributed by atoms with Crippen LogP contribution >= 0.6 is 0 Å². The minimum Gasteiger partial charge on any atom is -0.325 e. The van der Waals surface area contributed by atoms with E-state index >= 15 is 0 Å². The van der Waals surface area contributed by atoms with Gasteiger partial charge in [0.25, 0.3) is 0 Å². The Morgan fingerprint density at radius 3 is 2.44 bits per heavy atom. The Kier molecular flexibility index (Phi) is 2.74. The Hall–Kier alpha value is -0.570. The van der Waals surface area contributed by atoms with Gasteiger partial charge in [-0.05, 0) is 37.0 Å². The van der Waals surface area contributed by atoms with E-state index in [1.54, 1.807) is 0 Å². The first kappa shape index (κ1) is 12.5. The second kappa shape index (κ2) is 3.96. The quantitative estimate of drug-likeness (QED) is 0.834. The number of rotatable bonds is 3. The fourth-order valence-corrected chi connectivity index (χ4v) is 3.87. The fraction of sp³-hybridized carbons (Fsp3) is 0.933. The molecule has 3 heteroatoms. The van der Waals surface area contributed by atoms with Crippen LogP contribution in [0.1, 0.15) is 59.3 Å². The van der Waals surface area contributed by atoms with Gasteiger partial charge in [-0.1, -0.05) is 33.6 Å². The molecule has 0 aromatic heterocycles. The monoisotopic (exact) mass is 250 g/mol. The molecule has 102 valence electrons. The number of carbonyl (C=O) groups is 1. The van der Waals surface area contributed by atoms with E-state index in [1.165, 1.54) is 19.3 Å². The van der Waals surface area contributed by atoms with Crippen molar-refractivity contribution in [3.63, 3.8) is 0 Å². The van der Waals surface area contributed by atoms with E-state index in [1.807, 2.05) is 0 Å². The van der Waals surface area contributed by atoms with Crippen molar-refractivity contribution in [2.24, 2.45) is 11.3 Å². The highest BCUT2D eigenvalue weighted by atomic mass is 16.2. The lowest BCUT2D eigenvalue weighted by Crippen LogP contribution is -2.44. The van der Waals surface area contributed by atoms with E-state index in [0.717, 1.165) is 25.8 Å². The number of carbonyl (C=O) groups excluding carboxylic acids is 1. The Morgan fingerprint density at radius 2 is 1.94 bits per heavy atom. The molecule has 1 N–H and O–H groups in total. The molecule has 1 saturated heterocycles.